The number of carbonyl (C=O) groups excluding carboxylic acids is 2. The van der Waals surface area contributed by atoms with Gasteiger partial charge < -0.3 is 20.4 Å². The van der Waals surface area contributed by atoms with Gasteiger partial charge in [-0.05, 0) is 87.2 Å². The fourth-order valence-corrected chi connectivity index (χ4v) is 4.71. The zero-order chi connectivity index (χ0) is 22.0. The second kappa shape index (κ2) is 9.40. The minimum Gasteiger partial charge on any atom is -0.324 e. The van der Waals surface area contributed by atoms with Gasteiger partial charge in [0.1, 0.15) is 6.04 Å². The number of carbonyl (C=O) groups is 2. The lowest BCUT2D eigenvalue weighted by Gasteiger charge is -2.28. The van der Waals surface area contributed by atoms with E-state index in [4.69, 9.17) is 0 Å². The number of likely N-dealkylation sites (N-methyl/N-ethyl adjacent to an activating group) is 1. The van der Waals surface area contributed by atoms with Crippen LogP contribution in [-0.2, 0) is 17.6 Å². The van der Waals surface area contributed by atoms with Crippen molar-refractivity contribution in [1.29, 1.82) is 0 Å². The number of halogens is 1. The summed E-state index contributed by atoms with van der Waals surface area (Å²) in [4.78, 5) is 30.1. The van der Waals surface area contributed by atoms with Gasteiger partial charge >= 0.3 is 6.03 Å². The molecule has 0 spiro atoms. The maximum atomic E-state index is 13.1. The summed E-state index contributed by atoms with van der Waals surface area (Å²) in [6.07, 6.45) is 3.49. The SMILES string of the molecule is CC1CCC(C(=O)Nc2ccc3c(c2)CCN(C)CC3)N1C(=O)Nc1ccc(Br)cc1. The predicted octanol–water partition coefficient (Wildman–Crippen LogP) is 4.50. The summed E-state index contributed by atoms with van der Waals surface area (Å²) in [6, 6.07) is 12.9. The van der Waals surface area contributed by atoms with Crippen molar-refractivity contribution in [2.45, 2.75) is 44.7 Å². The minimum atomic E-state index is -0.476. The molecule has 3 amide bonds. The van der Waals surface area contributed by atoms with E-state index < -0.39 is 6.04 Å². The van der Waals surface area contributed by atoms with Crippen LogP contribution in [-0.4, -0.2) is 54.0 Å². The van der Waals surface area contributed by atoms with Gasteiger partial charge in [-0.3, -0.25) is 4.79 Å². The van der Waals surface area contributed by atoms with E-state index in [-0.39, 0.29) is 18.0 Å². The van der Waals surface area contributed by atoms with Gasteiger partial charge in [0.05, 0.1) is 0 Å². The lowest BCUT2D eigenvalue weighted by Crippen LogP contribution is -2.48. The third kappa shape index (κ3) is 5.10. The molecule has 164 valence electrons. The van der Waals surface area contributed by atoms with Crippen LogP contribution < -0.4 is 10.6 Å². The van der Waals surface area contributed by atoms with Crippen LogP contribution in [0.25, 0.3) is 0 Å². The lowest BCUT2D eigenvalue weighted by molar-refractivity contribution is -0.119. The Morgan fingerprint density at radius 2 is 1.61 bits per heavy atom. The van der Waals surface area contributed by atoms with Gasteiger partial charge in [-0.15, -0.1) is 0 Å². The Labute approximate surface area is 192 Å². The van der Waals surface area contributed by atoms with Gasteiger partial charge in [-0.1, -0.05) is 22.0 Å². The average molecular weight is 485 g/mol. The van der Waals surface area contributed by atoms with Crippen molar-refractivity contribution in [3.8, 4) is 0 Å². The van der Waals surface area contributed by atoms with E-state index in [9.17, 15) is 9.59 Å². The zero-order valence-corrected chi connectivity index (χ0v) is 19.6. The molecule has 2 aromatic rings. The predicted molar refractivity (Wildman–Crippen MR) is 127 cm³/mol. The number of benzene rings is 2. The third-order valence-corrected chi connectivity index (χ3v) is 6.83. The highest BCUT2D eigenvalue weighted by Crippen LogP contribution is 2.27. The Balaban J connectivity index is 1.45. The quantitative estimate of drug-likeness (QED) is 0.673. The number of nitrogens with zero attached hydrogens (tertiary/aromatic N) is 2. The number of amides is 3. The standard InChI is InChI=1S/C24H29BrN4O2/c1-16-3-10-22(29(16)24(31)27-20-8-5-19(25)6-9-20)23(30)26-21-7-4-17-11-13-28(2)14-12-18(17)15-21/h4-9,15-16,22H,3,10-14H2,1-2H3,(H,26,30)(H,27,31). The number of hydrogen-bond donors (Lipinski definition) is 2. The summed E-state index contributed by atoms with van der Waals surface area (Å²) < 4.78 is 0.949. The van der Waals surface area contributed by atoms with Crippen molar-refractivity contribution in [3.63, 3.8) is 0 Å². The van der Waals surface area contributed by atoms with E-state index in [1.807, 2.05) is 37.3 Å². The molecule has 1 saturated heterocycles. The maximum absolute atomic E-state index is 13.1. The smallest absolute Gasteiger partial charge is 0.322 e. The van der Waals surface area contributed by atoms with E-state index in [0.717, 1.165) is 42.5 Å². The molecule has 1 fully saturated rings. The zero-order valence-electron chi connectivity index (χ0n) is 18.0. The molecule has 0 radical (unpaired) electrons. The molecule has 2 N–H and O–H groups in total. The largest absolute Gasteiger partial charge is 0.324 e. The van der Waals surface area contributed by atoms with Crippen molar-refractivity contribution < 1.29 is 9.59 Å². The Hall–Kier alpha value is -2.38. The fourth-order valence-electron chi connectivity index (χ4n) is 4.45. The molecule has 2 aromatic carbocycles. The van der Waals surface area contributed by atoms with Crippen molar-refractivity contribution in [2.24, 2.45) is 0 Å². The van der Waals surface area contributed by atoms with Crippen molar-refractivity contribution in [3.05, 3.63) is 58.1 Å². The monoisotopic (exact) mass is 484 g/mol. The first-order chi connectivity index (χ1) is 14.9. The van der Waals surface area contributed by atoms with Gasteiger partial charge in [0.15, 0.2) is 0 Å². The molecule has 0 aromatic heterocycles. The fraction of sp³-hybridized carbons (Fsp3) is 0.417. The van der Waals surface area contributed by atoms with Crippen molar-refractivity contribution in [1.82, 2.24) is 9.80 Å². The van der Waals surface area contributed by atoms with E-state index in [1.54, 1.807) is 4.90 Å². The second-order valence-corrected chi connectivity index (χ2v) is 9.48. The second-order valence-electron chi connectivity index (χ2n) is 8.56. The molecule has 2 heterocycles. The third-order valence-electron chi connectivity index (χ3n) is 6.30. The Morgan fingerprint density at radius 3 is 2.35 bits per heavy atom. The number of urea groups is 1. The Morgan fingerprint density at radius 1 is 0.935 bits per heavy atom. The normalized spacial score (nSPS) is 21.3. The average Bonchev–Trinajstić information content (AvgIpc) is 3.04. The number of rotatable bonds is 3. The molecule has 2 aliphatic heterocycles. The first-order valence-corrected chi connectivity index (χ1v) is 11.7. The minimum absolute atomic E-state index is 0.00813. The highest BCUT2D eigenvalue weighted by molar-refractivity contribution is 9.10. The molecule has 2 aliphatic rings. The van der Waals surface area contributed by atoms with Gasteiger partial charge in [0, 0.05) is 35.0 Å². The maximum Gasteiger partial charge on any atom is 0.322 e. The highest BCUT2D eigenvalue weighted by atomic mass is 79.9. The molecule has 4 rings (SSSR count). The van der Waals surface area contributed by atoms with Crippen LogP contribution in [0.4, 0.5) is 16.2 Å². The molecular weight excluding hydrogens is 456 g/mol. The van der Waals surface area contributed by atoms with Crippen molar-refractivity contribution in [2.75, 3.05) is 30.8 Å². The summed E-state index contributed by atoms with van der Waals surface area (Å²) in [5.74, 6) is -0.124. The van der Waals surface area contributed by atoms with Crippen LogP contribution in [0.1, 0.15) is 30.9 Å². The summed E-state index contributed by atoms with van der Waals surface area (Å²) in [7, 11) is 2.14. The molecule has 6 nitrogen and oxygen atoms in total. The lowest BCUT2D eigenvalue weighted by atomic mass is 10.0. The van der Waals surface area contributed by atoms with Gasteiger partial charge in [0.25, 0.3) is 0 Å². The molecule has 0 aliphatic carbocycles. The first-order valence-electron chi connectivity index (χ1n) is 10.9. The summed E-state index contributed by atoms with van der Waals surface area (Å²) in [5.41, 5.74) is 4.17. The number of nitrogens with one attached hydrogen (secondary N) is 2. The molecule has 2 unspecified atom stereocenters. The van der Waals surface area contributed by atoms with Gasteiger partial charge in [-0.25, -0.2) is 4.79 Å². The number of fused-ring (bicyclic) bond motifs is 1. The van der Waals surface area contributed by atoms with Gasteiger partial charge in [-0.2, -0.15) is 0 Å². The molecule has 7 heteroatoms. The van der Waals surface area contributed by atoms with E-state index in [2.05, 4.69) is 50.6 Å². The van der Waals surface area contributed by atoms with Crippen molar-refractivity contribution >= 4 is 39.2 Å². The summed E-state index contributed by atoms with van der Waals surface area (Å²) in [5, 5.41) is 5.99. The van der Waals surface area contributed by atoms with Gasteiger partial charge in [0.2, 0.25) is 5.91 Å². The highest BCUT2D eigenvalue weighted by Gasteiger charge is 2.39. The molecule has 31 heavy (non-hydrogen) atoms. The molecule has 0 bridgehead atoms. The molecular formula is C24H29BrN4O2. The van der Waals surface area contributed by atoms with E-state index in [1.165, 1.54) is 11.1 Å². The van der Waals surface area contributed by atoms with Crippen LogP contribution in [0.3, 0.4) is 0 Å². The van der Waals surface area contributed by atoms with E-state index >= 15 is 0 Å². The molecule has 2 atom stereocenters. The first kappa shape index (κ1) is 21.8. The Bertz CT molecular complexity index is 963. The topological polar surface area (TPSA) is 64.7 Å². The van der Waals surface area contributed by atoms with Crippen LogP contribution in [0.2, 0.25) is 0 Å². The van der Waals surface area contributed by atoms with Crippen LogP contribution in [0.15, 0.2) is 46.9 Å². The number of anilines is 2. The van der Waals surface area contributed by atoms with Crippen LogP contribution in [0.5, 0.6) is 0 Å². The summed E-state index contributed by atoms with van der Waals surface area (Å²) >= 11 is 3.40. The van der Waals surface area contributed by atoms with E-state index in [0.29, 0.717) is 12.1 Å². The number of hydrogen-bond acceptors (Lipinski definition) is 3. The Kier molecular flexibility index (Phi) is 6.62. The summed E-state index contributed by atoms with van der Waals surface area (Å²) in [6.45, 7) is 4.07. The van der Waals surface area contributed by atoms with Crippen LogP contribution in [0, 0.1) is 0 Å². The number of likely N-dealkylation sites (tertiary alicyclic amines) is 1. The van der Waals surface area contributed by atoms with Crippen LogP contribution >= 0.6 is 15.9 Å². The molecule has 0 saturated carbocycles.